The zero-order valence-corrected chi connectivity index (χ0v) is 13.8. The summed E-state index contributed by atoms with van der Waals surface area (Å²) in [5, 5.41) is 15.6. The molecule has 106 valence electrons. The molecule has 0 atom stereocenters. The molecule has 1 amide bonds. The molecule has 0 fully saturated rings. The summed E-state index contributed by atoms with van der Waals surface area (Å²) < 4.78 is 9.07. The Morgan fingerprint density at radius 3 is 2.95 bits per heavy atom. The monoisotopic (exact) mass is 456 g/mol. The number of nitrogens with zero attached hydrogens (tertiary/aromatic N) is 1. The Morgan fingerprint density at radius 1 is 1.57 bits per heavy atom. The topological polar surface area (TPSA) is 102 Å². The Kier molecular flexibility index (Phi) is 6.33. The van der Waals surface area contributed by atoms with Gasteiger partial charge in [-0.15, -0.1) is 5.46 Å². The molecule has 0 saturated heterocycles. The van der Waals surface area contributed by atoms with Crippen LogP contribution < -0.4 is 10.8 Å². The van der Waals surface area contributed by atoms with Crippen LogP contribution >= 0.6 is 0 Å². The Hall–Kier alpha value is -1.92. The fourth-order valence-electron chi connectivity index (χ4n) is 1.49. The summed E-state index contributed by atoms with van der Waals surface area (Å²) in [5.74, 6) is 0.392. The summed E-state index contributed by atoms with van der Waals surface area (Å²) in [6, 6.07) is 8.46. The summed E-state index contributed by atoms with van der Waals surface area (Å²) in [7, 11) is -1.52. The maximum Gasteiger partial charge on any atom is 2.00 e. The summed E-state index contributed by atoms with van der Waals surface area (Å²) in [6.45, 7) is 2.81. The molecule has 0 saturated carbocycles. The van der Waals surface area contributed by atoms with E-state index in [0.717, 1.165) is 6.47 Å². The van der Waals surface area contributed by atoms with Crippen LogP contribution in [0.15, 0.2) is 28.8 Å². The summed E-state index contributed by atoms with van der Waals surface area (Å²) in [5.41, 5.74) is 0.380. The molecule has 0 aliphatic rings. The van der Waals surface area contributed by atoms with E-state index in [1.165, 1.54) is 18.2 Å². The first kappa shape index (κ1) is 17.1. The smallest absolute Gasteiger partial charge is 0.702 e. The number of carbonyl (C=O) groups excluding carboxylic acids is 2. The van der Waals surface area contributed by atoms with Gasteiger partial charge in [0.25, 0.3) is 0 Å². The fourth-order valence-corrected chi connectivity index (χ4v) is 1.49. The van der Waals surface area contributed by atoms with Gasteiger partial charge in [-0.25, -0.2) is 0 Å². The van der Waals surface area contributed by atoms with Crippen molar-refractivity contribution in [3.63, 3.8) is 0 Å². The molecule has 0 aliphatic carbocycles. The van der Waals surface area contributed by atoms with Crippen molar-refractivity contribution < 1.29 is 44.9 Å². The molecule has 21 heavy (non-hydrogen) atoms. The van der Waals surface area contributed by atoms with E-state index in [9.17, 15) is 14.6 Å². The van der Waals surface area contributed by atoms with E-state index in [1.807, 2.05) is 0 Å². The number of aromatic nitrogens is 1. The minimum absolute atomic E-state index is 0. The molecule has 9 heteroatoms. The van der Waals surface area contributed by atoms with Crippen LogP contribution in [0, 0.1) is 13.0 Å². The van der Waals surface area contributed by atoms with E-state index in [0.29, 0.717) is 5.76 Å². The third kappa shape index (κ3) is 4.54. The first-order chi connectivity index (χ1) is 9.60. The van der Waals surface area contributed by atoms with Gasteiger partial charge < -0.3 is 24.3 Å². The Balaban J connectivity index is 0.00000220. The van der Waals surface area contributed by atoms with Crippen LogP contribution in [0.5, 0.6) is 0 Å². The minimum atomic E-state index is -1.52. The van der Waals surface area contributed by atoms with Gasteiger partial charge in [-0.3, -0.25) is 4.79 Å². The zero-order valence-electron chi connectivity index (χ0n) is 10.8. The molecule has 0 spiro atoms. The first-order valence-electron chi connectivity index (χ1n) is 5.57. The maximum absolute atomic E-state index is 11.9. The summed E-state index contributed by atoms with van der Waals surface area (Å²) in [4.78, 5) is 22.0. The number of hydrogen-bond acceptors (Lipinski definition) is 6. The average Bonchev–Trinajstić information content (AvgIpc) is 2.84. The van der Waals surface area contributed by atoms with Crippen molar-refractivity contribution in [1.29, 1.82) is 0 Å². The SMILES string of the molecule is Cc1cc(NC(=O)c2cc[c-]c(B(O)O[C-]=O)c2)no1.[W+2]. The number of benzene rings is 1. The molecule has 0 bridgehead atoms. The van der Waals surface area contributed by atoms with Gasteiger partial charge in [0.2, 0.25) is 5.91 Å². The number of amides is 1. The standard InChI is InChI=1S/C12H9BN2O5.W/c1-8-5-11(15-20-8)14-12(17)9-3-2-4-10(6-9)13(18)19-7-16;/h2-3,5-6,18H,1H3,(H,14,15,17);/q-2;+2. The van der Waals surface area contributed by atoms with E-state index >= 15 is 0 Å². The van der Waals surface area contributed by atoms with Gasteiger partial charge in [0.15, 0.2) is 5.82 Å². The van der Waals surface area contributed by atoms with Crippen LogP contribution in [0.25, 0.3) is 0 Å². The van der Waals surface area contributed by atoms with Crippen LogP contribution in [-0.4, -0.2) is 29.7 Å². The van der Waals surface area contributed by atoms with E-state index in [2.05, 4.69) is 21.2 Å². The molecule has 1 aromatic carbocycles. The largest absolute Gasteiger partial charge is 2.00 e. The Morgan fingerprint density at radius 2 is 2.33 bits per heavy atom. The van der Waals surface area contributed by atoms with Gasteiger partial charge in [0, 0.05) is 6.07 Å². The van der Waals surface area contributed by atoms with Gasteiger partial charge in [0.1, 0.15) is 5.76 Å². The second-order valence-electron chi connectivity index (χ2n) is 3.86. The van der Waals surface area contributed by atoms with Crippen molar-refractivity contribution in [2.75, 3.05) is 5.32 Å². The van der Waals surface area contributed by atoms with E-state index in [4.69, 9.17) is 4.52 Å². The van der Waals surface area contributed by atoms with Crippen molar-refractivity contribution in [3.8, 4) is 0 Å². The molecular weight excluding hydrogens is 447 g/mol. The molecule has 2 N–H and O–H groups in total. The van der Waals surface area contributed by atoms with Gasteiger partial charge >= 0.3 is 28.2 Å². The number of nitrogens with one attached hydrogen (secondary N) is 1. The van der Waals surface area contributed by atoms with Gasteiger partial charge in [-0.2, -0.15) is 24.3 Å². The molecule has 0 aliphatic heterocycles. The zero-order chi connectivity index (χ0) is 14.5. The predicted octanol–water partition coefficient (Wildman–Crippen LogP) is -0.196. The van der Waals surface area contributed by atoms with Crippen molar-refractivity contribution in [2.45, 2.75) is 6.92 Å². The quantitative estimate of drug-likeness (QED) is 0.478. The van der Waals surface area contributed by atoms with Crippen molar-refractivity contribution in [2.24, 2.45) is 0 Å². The van der Waals surface area contributed by atoms with Crippen LogP contribution in [0.4, 0.5) is 5.82 Å². The van der Waals surface area contributed by atoms with Crippen molar-refractivity contribution in [3.05, 3.63) is 41.7 Å². The average molecular weight is 456 g/mol. The van der Waals surface area contributed by atoms with Crippen LogP contribution in [0.3, 0.4) is 0 Å². The molecule has 7 nitrogen and oxygen atoms in total. The summed E-state index contributed by atoms with van der Waals surface area (Å²) in [6.07, 6.45) is 0. The number of aryl methyl sites for hydroxylation is 1. The normalized spacial score (nSPS) is 9.43. The van der Waals surface area contributed by atoms with Crippen molar-refractivity contribution in [1.82, 2.24) is 5.16 Å². The molecule has 0 radical (unpaired) electrons. The molecule has 2 rings (SSSR count). The van der Waals surface area contributed by atoms with Crippen molar-refractivity contribution >= 4 is 30.8 Å². The molecule has 1 aromatic heterocycles. The van der Waals surface area contributed by atoms with Gasteiger partial charge in [-0.05, 0) is 6.92 Å². The molecule has 1 heterocycles. The number of anilines is 1. The number of carbonyl (C=O) groups is 1. The minimum Gasteiger partial charge on any atom is -0.702 e. The van der Waals surface area contributed by atoms with Crippen LogP contribution in [0.2, 0.25) is 0 Å². The molecule has 0 unspecified atom stereocenters. The van der Waals surface area contributed by atoms with E-state index < -0.39 is 13.0 Å². The Bertz CT molecular complexity index is 634. The van der Waals surface area contributed by atoms with E-state index in [-0.39, 0.29) is 37.9 Å². The third-order valence-electron chi connectivity index (χ3n) is 2.38. The van der Waals surface area contributed by atoms with Crippen LogP contribution in [-0.2, 0) is 30.5 Å². The van der Waals surface area contributed by atoms with Gasteiger partial charge in [-0.1, -0.05) is 17.2 Å². The predicted molar refractivity (Wildman–Crippen MR) is 68.9 cm³/mol. The third-order valence-corrected chi connectivity index (χ3v) is 2.38. The molecule has 2 aromatic rings. The second kappa shape index (κ2) is 7.76. The van der Waals surface area contributed by atoms with Gasteiger partial charge in [0.05, 0.1) is 0 Å². The molecular formula is C12H9BN2O5W. The maximum atomic E-state index is 11.9. The van der Waals surface area contributed by atoms with Crippen LogP contribution in [0.1, 0.15) is 16.1 Å². The Labute approximate surface area is 135 Å². The number of hydrogen-bond donors (Lipinski definition) is 2. The second-order valence-corrected chi connectivity index (χ2v) is 3.86. The number of rotatable bonds is 5. The van der Waals surface area contributed by atoms with E-state index in [1.54, 1.807) is 13.0 Å². The summed E-state index contributed by atoms with van der Waals surface area (Å²) >= 11 is 0. The first-order valence-corrected chi connectivity index (χ1v) is 5.57. The fraction of sp³-hybridized carbons (Fsp3) is 0.0833.